The fourth-order valence-electron chi connectivity index (χ4n) is 1.51. The molecule has 78 valence electrons. The van der Waals surface area contributed by atoms with Gasteiger partial charge in [-0.3, -0.25) is 0 Å². The molecular formula is C7H15NO5. The van der Waals surface area contributed by atoms with E-state index in [9.17, 15) is 15.3 Å². The minimum Gasteiger partial charge on any atom is -0.395 e. The summed E-state index contributed by atoms with van der Waals surface area (Å²) in [6.07, 6.45) is -3.42. The molecule has 0 aromatic heterocycles. The van der Waals surface area contributed by atoms with Crippen molar-refractivity contribution in [1.82, 2.24) is 5.32 Å². The van der Waals surface area contributed by atoms with Crippen molar-refractivity contribution < 1.29 is 25.5 Å². The lowest BCUT2D eigenvalue weighted by Crippen LogP contribution is -2.45. The first kappa shape index (κ1) is 10.8. The molecule has 1 saturated heterocycles. The zero-order valence-corrected chi connectivity index (χ0v) is 7.04. The molecule has 0 amide bonds. The standard InChI is InChI=1S/C7H15NO5/c9-1-3-6(12)7(13)5(8-3)4(11)2-10/h3-13H,1-2H2/t3-,4+,5-,6-,7-/m0/s1. The van der Waals surface area contributed by atoms with Crippen molar-refractivity contribution in [2.24, 2.45) is 0 Å². The van der Waals surface area contributed by atoms with Gasteiger partial charge in [0.05, 0.1) is 43.6 Å². The lowest BCUT2D eigenvalue weighted by molar-refractivity contribution is -0.0150. The van der Waals surface area contributed by atoms with Crippen LogP contribution in [0.1, 0.15) is 0 Å². The minimum atomic E-state index is -1.17. The van der Waals surface area contributed by atoms with Crippen molar-refractivity contribution in [1.29, 1.82) is 0 Å². The van der Waals surface area contributed by atoms with Crippen molar-refractivity contribution in [2.75, 3.05) is 13.2 Å². The number of rotatable bonds is 3. The van der Waals surface area contributed by atoms with E-state index in [1.54, 1.807) is 0 Å². The normalized spacial score (nSPS) is 42.2. The third-order valence-electron chi connectivity index (χ3n) is 2.33. The van der Waals surface area contributed by atoms with Gasteiger partial charge in [0.25, 0.3) is 0 Å². The van der Waals surface area contributed by atoms with Crippen molar-refractivity contribution in [3.63, 3.8) is 0 Å². The van der Waals surface area contributed by atoms with E-state index in [2.05, 4.69) is 5.32 Å². The molecule has 0 bridgehead atoms. The Morgan fingerprint density at radius 1 is 1.15 bits per heavy atom. The van der Waals surface area contributed by atoms with Crippen LogP contribution in [-0.4, -0.2) is 69.1 Å². The summed E-state index contributed by atoms with van der Waals surface area (Å²) in [5.74, 6) is 0. The Bertz CT molecular complexity index is 167. The summed E-state index contributed by atoms with van der Waals surface area (Å²) in [6, 6.07) is -1.45. The zero-order chi connectivity index (χ0) is 10.0. The van der Waals surface area contributed by atoms with Crippen LogP contribution in [0, 0.1) is 0 Å². The lowest BCUT2D eigenvalue weighted by atomic mass is 10.0. The molecule has 0 aromatic rings. The maximum absolute atomic E-state index is 9.37. The minimum absolute atomic E-state index is 0.327. The highest BCUT2D eigenvalue weighted by Gasteiger charge is 2.43. The van der Waals surface area contributed by atoms with Crippen LogP contribution in [0.3, 0.4) is 0 Å². The first-order valence-electron chi connectivity index (χ1n) is 4.13. The van der Waals surface area contributed by atoms with Gasteiger partial charge < -0.3 is 30.8 Å². The Morgan fingerprint density at radius 2 is 1.77 bits per heavy atom. The Kier molecular flexibility index (Phi) is 3.60. The maximum atomic E-state index is 9.37. The van der Waals surface area contributed by atoms with E-state index in [0.717, 1.165) is 0 Å². The van der Waals surface area contributed by atoms with Crippen LogP contribution in [0.5, 0.6) is 0 Å². The highest BCUT2D eigenvalue weighted by atomic mass is 16.3. The summed E-state index contributed by atoms with van der Waals surface area (Å²) in [5, 5.41) is 47.9. The molecule has 1 aliphatic heterocycles. The van der Waals surface area contributed by atoms with E-state index in [-0.39, 0.29) is 6.61 Å². The predicted octanol–water partition coefficient (Wildman–Crippen LogP) is -3.61. The molecule has 0 aromatic carbocycles. The van der Waals surface area contributed by atoms with Crippen LogP contribution in [0.25, 0.3) is 0 Å². The van der Waals surface area contributed by atoms with Gasteiger partial charge in [-0.05, 0) is 0 Å². The Labute approximate surface area is 75.4 Å². The summed E-state index contributed by atoms with van der Waals surface area (Å²) in [4.78, 5) is 0. The average Bonchev–Trinajstić information content (AvgIpc) is 2.43. The van der Waals surface area contributed by atoms with Crippen LogP contribution in [0.4, 0.5) is 0 Å². The first-order chi connectivity index (χ1) is 6.11. The highest BCUT2D eigenvalue weighted by molar-refractivity contribution is 5.00. The Morgan fingerprint density at radius 3 is 2.15 bits per heavy atom. The van der Waals surface area contributed by atoms with E-state index >= 15 is 0 Å². The van der Waals surface area contributed by atoms with Crippen LogP contribution in [0.2, 0.25) is 0 Å². The quantitative estimate of drug-likeness (QED) is 0.276. The van der Waals surface area contributed by atoms with Crippen LogP contribution < -0.4 is 5.32 Å². The summed E-state index contributed by atoms with van der Waals surface area (Å²) in [6.45, 7) is -0.827. The Balaban J connectivity index is 2.60. The molecule has 13 heavy (non-hydrogen) atoms. The van der Waals surface area contributed by atoms with Crippen LogP contribution in [-0.2, 0) is 0 Å². The van der Waals surface area contributed by atoms with Gasteiger partial charge in [-0.25, -0.2) is 0 Å². The molecule has 0 aliphatic carbocycles. The van der Waals surface area contributed by atoms with E-state index in [4.69, 9.17) is 10.2 Å². The third-order valence-corrected chi connectivity index (χ3v) is 2.33. The number of aliphatic hydroxyl groups excluding tert-OH is 5. The predicted molar refractivity (Wildman–Crippen MR) is 42.9 cm³/mol. The van der Waals surface area contributed by atoms with Crippen LogP contribution >= 0.6 is 0 Å². The summed E-state index contributed by atoms with van der Waals surface area (Å²) in [5.41, 5.74) is 0. The Hall–Kier alpha value is -0.240. The molecule has 6 N–H and O–H groups in total. The van der Waals surface area contributed by atoms with Crippen molar-refractivity contribution in [2.45, 2.75) is 30.4 Å². The molecule has 5 atom stereocenters. The second-order valence-electron chi connectivity index (χ2n) is 3.21. The number of aliphatic hydroxyl groups is 5. The molecule has 0 radical (unpaired) electrons. The first-order valence-corrected chi connectivity index (χ1v) is 4.13. The van der Waals surface area contributed by atoms with Gasteiger partial charge in [0.15, 0.2) is 0 Å². The monoisotopic (exact) mass is 193 g/mol. The van der Waals surface area contributed by atoms with Gasteiger partial charge in [-0.1, -0.05) is 0 Å². The molecule has 6 nitrogen and oxygen atoms in total. The zero-order valence-electron chi connectivity index (χ0n) is 7.04. The second kappa shape index (κ2) is 4.32. The second-order valence-corrected chi connectivity index (χ2v) is 3.21. The van der Waals surface area contributed by atoms with E-state index in [1.807, 2.05) is 0 Å². The molecule has 1 aliphatic rings. The third kappa shape index (κ3) is 1.98. The molecule has 0 unspecified atom stereocenters. The van der Waals surface area contributed by atoms with Crippen molar-refractivity contribution in [3.8, 4) is 0 Å². The average molecular weight is 193 g/mol. The molecule has 1 heterocycles. The molecule has 1 fully saturated rings. The van der Waals surface area contributed by atoms with E-state index in [0.29, 0.717) is 0 Å². The smallest absolute Gasteiger partial charge is 0.0994 e. The molecule has 0 spiro atoms. The fraction of sp³-hybridized carbons (Fsp3) is 1.00. The number of nitrogens with one attached hydrogen (secondary N) is 1. The van der Waals surface area contributed by atoms with Gasteiger partial charge >= 0.3 is 0 Å². The molecule has 1 rings (SSSR count). The van der Waals surface area contributed by atoms with Gasteiger partial charge in [-0.2, -0.15) is 0 Å². The number of hydrogen-bond donors (Lipinski definition) is 6. The van der Waals surface area contributed by atoms with Gasteiger partial charge in [0, 0.05) is 0 Å². The van der Waals surface area contributed by atoms with Crippen molar-refractivity contribution >= 4 is 0 Å². The molecule has 0 saturated carbocycles. The van der Waals surface area contributed by atoms with Gasteiger partial charge in [0.1, 0.15) is 0 Å². The molecule has 6 heteroatoms. The van der Waals surface area contributed by atoms with E-state index in [1.165, 1.54) is 0 Å². The lowest BCUT2D eigenvalue weighted by Gasteiger charge is -2.19. The molecular weight excluding hydrogens is 178 g/mol. The van der Waals surface area contributed by atoms with Gasteiger partial charge in [0.2, 0.25) is 0 Å². The van der Waals surface area contributed by atoms with Crippen molar-refractivity contribution in [3.05, 3.63) is 0 Å². The SMILES string of the molecule is OC[C@@H](O)[C@@H]1N[C@@H](CO)[C@H](O)[C@H]1O. The summed E-state index contributed by atoms with van der Waals surface area (Å²) >= 11 is 0. The van der Waals surface area contributed by atoms with Gasteiger partial charge in [-0.15, -0.1) is 0 Å². The topological polar surface area (TPSA) is 113 Å². The largest absolute Gasteiger partial charge is 0.395 e. The highest BCUT2D eigenvalue weighted by Crippen LogP contribution is 2.16. The summed E-state index contributed by atoms with van der Waals surface area (Å²) in [7, 11) is 0. The maximum Gasteiger partial charge on any atom is 0.0994 e. The fourth-order valence-corrected chi connectivity index (χ4v) is 1.51. The number of hydrogen-bond acceptors (Lipinski definition) is 6. The van der Waals surface area contributed by atoms with E-state index < -0.39 is 37.0 Å². The summed E-state index contributed by atoms with van der Waals surface area (Å²) < 4.78 is 0. The van der Waals surface area contributed by atoms with Crippen LogP contribution in [0.15, 0.2) is 0 Å².